The van der Waals surface area contributed by atoms with Crippen LogP contribution in [0.4, 0.5) is 0 Å². The summed E-state index contributed by atoms with van der Waals surface area (Å²) >= 11 is 0. The first-order valence-corrected chi connectivity index (χ1v) is 9.56. The maximum atomic E-state index is 12.9. The Morgan fingerprint density at radius 2 is 1.79 bits per heavy atom. The van der Waals surface area contributed by atoms with Gasteiger partial charge in [0.2, 0.25) is 0 Å². The molecule has 0 bridgehead atoms. The molecule has 134 valence electrons. The van der Waals surface area contributed by atoms with Crippen molar-refractivity contribution in [2.45, 2.75) is 38.5 Å². The summed E-state index contributed by atoms with van der Waals surface area (Å²) in [5, 5.41) is 19.4. The van der Waals surface area contributed by atoms with E-state index in [9.17, 15) is 14.5 Å². The van der Waals surface area contributed by atoms with Gasteiger partial charge in [0.05, 0.1) is 25.0 Å². The number of carbonyl (C=O) groups is 1. The molecule has 2 N–H and O–H groups in total. The minimum Gasteiger partial charge on any atom is -0.481 e. The van der Waals surface area contributed by atoms with Crippen molar-refractivity contribution in [2.24, 2.45) is 0 Å². The summed E-state index contributed by atoms with van der Waals surface area (Å²) in [6.45, 7) is 3.64. The van der Waals surface area contributed by atoms with E-state index in [-0.39, 0.29) is 26.1 Å². The molecule has 0 aliphatic carbocycles. The van der Waals surface area contributed by atoms with E-state index in [1.165, 1.54) is 6.08 Å². The minimum absolute atomic E-state index is 0.00704. The van der Waals surface area contributed by atoms with Crippen molar-refractivity contribution in [3.63, 3.8) is 0 Å². The van der Waals surface area contributed by atoms with Crippen LogP contribution in [-0.4, -0.2) is 41.2 Å². The summed E-state index contributed by atoms with van der Waals surface area (Å²) in [5.41, 5.74) is -0.0651. The highest BCUT2D eigenvalue weighted by atomic mass is 31.2. The van der Waals surface area contributed by atoms with Gasteiger partial charge in [0.25, 0.3) is 0 Å². The van der Waals surface area contributed by atoms with Gasteiger partial charge in [-0.2, -0.15) is 0 Å². The Balaban J connectivity index is 2.99. The quantitative estimate of drug-likeness (QED) is 0.589. The molecular formula is C17H25O6P. The van der Waals surface area contributed by atoms with Crippen LogP contribution in [0.3, 0.4) is 0 Å². The fraction of sp³-hybridized carbons (Fsp3) is 0.471. The summed E-state index contributed by atoms with van der Waals surface area (Å²) in [6, 6.07) is 9.32. The van der Waals surface area contributed by atoms with Crippen molar-refractivity contribution in [1.29, 1.82) is 0 Å². The van der Waals surface area contributed by atoms with E-state index in [1.807, 2.05) is 30.3 Å². The summed E-state index contributed by atoms with van der Waals surface area (Å²) in [7, 11) is -3.63. The van der Waals surface area contributed by atoms with E-state index in [4.69, 9.17) is 14.2 Å². The van der Waals surface area contributed by atoms with Crippen LogP contribution in [0.15, 0.2) is 36.4 Å². The molecule has 0 aliphatic rings. The van der Waals surface area contributed by atoms with E-state index in [2.05, 4.69) is 0 Å². The molecule has 0 saturated heterocycles. The number of aliphatic hydroxyl groups is 1. The van der Waals surface area contributed by atoms with Crippen molar-refractivity contribution in [2.75, 3.05) is 13.2 Å². The highest BCUT2D eigenvalue weighted by Gasteiger charge is 2.39. The van der Waals surface area contributed by atoms with Crippen LogP contribution in [0.1, 0.15) is 32.3 Å². The van der Waals surface area contributed by atoms with Crippen molar-refractivity contribution in [3.8, 4) is 0 Å². The lowest BCUT2D eigenvalue weighted by molar-refractivity contribution is -0.137. The molecule has 0 aromatic heterocycles. The van der Waals surface area contributed by atoms with Gasteiger partial charge in [0, 0.05) is 6.42 Å². The fourth-order valence-corrected chi connectivity index (χ4v) is 4.37. The lowest BCUT2D eigenvalue weighted by Gasteiger charge is -2.28. The summed E-state index contributed by atoms with van der Waals surface area (Å²) in [6.07, 6.45) is 1.80. The number of benzene rings is 1. The van der Waals surface area contributed by atoms with Gasteiger partial charge in [-0.1, -0.05) is 42.5 Å². The predicted molar refractivity (Wildman–Crippen MR) is 93.0 cm³/mol. The van der Waals surface area contributed by atoms with Gasteiger partial charge in [-0.3, -0.25) is 9.36 Å². The molecule has 0 saturated carbocycles. The van der Waals surface area contributed by atoms with Gasteiger partial charge in [0.1, 0.15) is 0 Å². The van der Waals surface area contributed by atoms with E-state index in [1.54, 1.807) is 19.9 Å². The highest BCUT2D eigenvalue weighted by Crippen LogP contribution is 2.55. The molecule has 1 aromatic rings. The summed E-state index contributed by atoms with van der Waals surface area (Å²) in [5.74, 6) is -1.03. The van der Waals surface area contributed by atoms with Crippen molar-refractivity contribution in [3.05, 3.63) is 42.0 Å². The minimum atomic E-state index is -3.63. The smallest absolute Gasteiger partial charge is 0.336 e. The molecule has 2 atom stereocenters. The molecule has 0 heterocycles. The topological polar surface area (TPSA) is 93.1 Å². The molecule has 6 nitrogen and oxygen atoms in total. The first-order valence-electron chi connectivity index (χ1n) is 7.94. The van der Waals surface area contributed by atoms with Crippen LogP contribution in [0.25, 0.3) is 6.08 Å². The number of carboxylic acids is 1. The maximum Gasteiger partial charge on any atom is 0.336 e. The zero-order valence-corrected chi connectivity index (χ0v) is 14.9. The second kappa shape index (κ2) is 10.4. The van der Waals surface area contributed by atoms with Crippen molar-refractivity contribution in [1.82, 2.24) is 0 Å². The second-order valence-corrected chi connectivity index (χ2v) is 7.39. The lowest BCUT2D eigenvalue weighted by Crippen LogP contribution is -2.27. The van der Waals surface area contributed by atoms with Crippen LogP contribution in [0, 0.1) is 0 Å². The van der Waals surface area contributed by atoms with Gasteiger partial charge in [-0.15, -0.1) is 0 Å². The Labute approximate surface area is 142 Å². The number of aliphatic hydroxyl groups excluding tert-OH is 1. The average molecular weight is 356 g/mol. The highest BCUT2D eigenvalue weighted by molar-refractivity contribution is 7.54. The van der Waals surface area contributed by atoms with Crippen LogP contribution >= 0.6 is 7.60 Å². The molecule has 0 aliphatic heterocycles. The second-order valence-electron chi connectivity index (χ2n) is 5.14. The molecule has 0 unspecified atom stereocenters. The standard InChI is InChI=1S/C17H25O6P/c1-3-22-24(21,23-4-2)16(12-13-17(19)20)15(18)11-10-14-8-6-5-7-9-14/h5-11,15-16,18H,3-4,12-13H2,1-2H3,(H,19,20)/b11-10+/t15-,16-/m0/s1. The Kier molecular flexibility index (Phi) is 8.93. The Morgan fingerprint density at radius 1 is 1.21 bits per heavy atom. The molecule has 0 fully saturated rings. The zero-order chi connectivity index (χ0) is 18.0. The Morgan fingerprint density at radius 3 is 2.29 bits per heavy atom. The van der Waals surface area contributed by atoms with E-state index < -0.39 is 25.3 Å². The largest absolute Gasteiger partial charge is 0.481 e. The van der Waals surface area contributed by atoms with Gasteiger partial charge < -0.3 is 19.3 Å². The maximum absolute atomic E-state index is 12.9. The number of carboxylic acid groups (broad SMARTS) is 1. The van der Waals surface area contributed by atoms with Gasteiger partial charge in [-0.05, 0) is 25.8 Å². The lowest BCUT2D eigenvalue weighted by atomic mass is 10.1. The van der Waals surface area contributed by atoms with E-state index in [0.717, 1.165) is 5.56 Å². The molecule has 1 aromatic carbocycles. The molecule has 1 rings (SSSR count). The molecule has 0 spiro atoms. The zero-order valence-electron chi connectivity index (χ0n) is 14.0. The first-order chi connectivity index (χ1) is 11.4. The first kappa shape index (κ1) is 20.6. The monoisotopic (exact) mass is 356 g/mol. The molecule has 7 heteroatoms. The van der Waals surface area contributed by atoms with Gasteiger partial charge in [0.15, 0.2) is 0 Å². The third-order valence-corrected chi connectivity index (χ3v) is 5.97. The SMILES string of the molecule is CCOP(=O)(OCC)[C@@H](CCC(=O)O)[C@@H](O)/C=C/c1ccccc1. The number of hydrogen-bond donors (Lipinski definition) is 2. The third kappa shape index (κ3) is 6.57. The third-order valence-electron chi connectivity index (χ3n) is 3.36. The van der Waals surface area contributed by atoms with Gasteiger partial charge >= 0.3 is 13.6 Å². The summed E-state index contributed by atoms with van der Waals surface area (Å²) < 4.78 is 23.5. The molecule has 0 radical (unpaired) electrons. The van der Waals surface area contributed by atoms with Crippen LogP contribution in [0.2, 0.25) is 0 Å². The van der Waals surface area contributed by atoms with Crippen LogP contribution in [-0.2, 0) is 18.4 Å². The predicted octanol–water partition coefficient (Wildman–Crippen LogP) is 3.56. The number of hydrogen-bond acceptors (Lipinski definition) is 5. The molecule has 24 heavy (non-hydrogen) atoms. The van der Waals surface area contributed by atoms with E-state index in [0.29, 0.717) is 0 Å². The Bertz CT molecular complexity index is 562. The van der Waals surface area contributed by atoms with Crippen LogP contribution in [0.5, 0.6) is 0 Å². The molecule has 0 amide bonds. The van der Waals surface area contributed by atoms with Crippen molar-refractivity contribution < 1.29 is 28.6 Å². The average Bonchev–Trinajstić information content (AvgIpc) is 2.54. The van der Waals surface area contributed by atoms with Crippen LogP contribution < -0.4 is 0 Å². The van der Waals surface area contributed by atoms with E-state index >= 15 is 0 Å². The number of aliphatic carboxylic acids is 1. The van der Waals surface area contributed by atoms with Gasteiger partial charge in [-0.25, -0.2) is 0 Å². The Hall–Kier alpha value is -1.46. The number of rotatable bonds is 11. The summed E-state index contributed by atoms with van der Waals surface area (Å²) in [4.78, 5) is 10.9. The fourth-order valence-electron chi connectivity index (χ4n) is 2.28. The molecular weight excluding hydrogens is 331 g/mol. The van der Waals surface area contributed by atoms with Crippen molar-refractivity contribution >= 4 is 19.6 Å². The normalized spacial score (nSPS) is 14.6.